The minimum atomic E-state index is -2.37. The normalized spacial score (nSPS) is 18.4. The van der Waals surface area contributed by atoms with Crippen molar-refractivity contribution in [2.75, 3.05) is 20.3 Å². The molecule has 0 bridgehead atoms. The fourth-order valence-electron chi connectivity index (χ4n) is 3.34. The molecule has 0 radical (unpaired) electrons. The Balaban J connectivity index is 0.00000161. The number of hydroxylamine groups is 2. The zero-order valence-electron chi connectivity index (χ0n) is 19.5. The lowest BCUT2D eigenvalue weighted by atomic mass is 9.75. The van der Waals surface area contributed by atoms with Crippen molar-refractivity contribution in [2.24, 2.45) is 5.92 Å². The predicted octanol–water partition coefficient (Wildman–Crippen LogP) is 1.44. The molecule has 2 rings (SSSR count). The van der Waals surface area contributed by atoms with Crippen molar-refractivity contribution in [3.8, 4) is 0 Å². The van der Waals surface area contributed by atoms with Crippen LogP contribution in [-0.4, -0.2) is 52.7 Å². The second kappa shape index (κ2) is 11.1. The molecule has 0 saturated carbocycles. The maximum Gasteiger partial charge on any atom is 0.339 e. The van der Waals surface area contributed by atoms with Crippen molar-refractivity contribution < 1.29 is 39.2 Å². The molecule has 178 valence electrons. The molecule has 1 aliphatic heterocycles. The number of hydrogen-bond acceptors (Lipinski definition) is 9. The van der Waals surface area contributed by atoms with Crippen LogP contribution in [0.25, 0.3) is 0 Å². The van der Waals surface area contributed by atoms with Gasteiger partial charge >= 0.3 is 11.9 Å². The summed E-state index contributed by atoms with van der Waals surface area (Å²) in [6.07, 6.45) is 1.23. The largest absolute Gasteiger partial charge is 0.619 e. The van der Waals surface area contributed by atoms with Gasteiger partial charge in [0.05, 0.1) is 41.8 Å². The lowest BCUT2D eigenvalue weighted by Crippen LogP contribution is -2.48. The van der Waals surface area contributed by atoms with Crippen molar-refractivity contribution in [1.82, 2.24) is 5.06 Å². The Labute approximate surface area is 187 Å². The van der Waals surface area contributed by atoms with Gasteiger partial charge in [0.2, 0.25) is 0 Å². The topological polar surface area (TPSA) is 143 Å². The van der Waals surface area contributed by atoms with E-state index in [0.717, 1.165) is 7.11 Å². The standard InChI is InChI=1S/C20H26N2O7.C2H6O/c1-11(2)10-29-19(24)17-14(5)22(27)13(4)16(18(23)28-6)20(17,25)15-8-7-9-21(26)12(15)3;1-2-3/h7-9,11,25,27H,10H2,1-6H3;3H,2H2,1H3. The summed E-state index contributed by atoms with van der Waals surface area (Å²) in [6, 6.07) is 2.81. The van der Waals surface area contributed by atoms with E-state index in [-0.39, 0.29) is 52.9 Å². The Kier molecular flexibility index (Phi) is 9.37. The van der Waals surface area contributed by atoms with Gasteiger partial charge in [-0.3, -0.25) is 5.21 Å². The molecule has 1 aromatic heterocycles. The van der Waals surface area contributed by atoms with Gasteiger partial charge in [-0.25, -0.2) is 14.7 Å². The fourth-order valence-corrected chi connectivity index (χ4v) is 3.34. The van der Waals surface area contributed by atoms with Crippen LogP contribution in [-0.2, 0) is 24.7 Å². The monoisotopic (exact) mass is 452 g/mol. The molecule has 10 nitrogen and oxygen atoms in total. The van der Waals surface area contributed by atoms with Crippen LogP contribution >= 0.6 is 0 Å². The summed E-state index contributed by atoms with van der Waals surface area (Å²) in [6.45, 7) is 9.90. The molecule has 0 amide bonds. The zero-order valence-corrected chi connectivity index (χ0v) is 19.5. The third-order valence-corrected chi connectivity index (χ3v) is 4.82. The second-order valence-electron chi connectivity index (χ2n) is 7.58. The molecule has 1 unspecified atom stereocenters. The number of aliphatic hydroxyl groups is 2. The summed E-state index contributed by atoms with van der Waals surface area (Å²) < 4.78 is 10.6. The molecule has 32 heavy (non-hydrogen) atoms. The Morgan fingerprint density at radius 3 is 2.16 bits per heavy atom. The number of nitrogens with zero attached hydrogens (tertiary/aromatic N) is 2. The van der Waals surface area contributed by atoms with Gasteiger partial charge in [0.15, 0.2) is 17.5 Å². The van der Waals surface area contributed by atoms with Crippen LogP contribution in [0.2, 0.25) is 0 Å². The van der Waals surface area contributed by atoms with Gasteiger partial charge in [0, 0.05) is 19.6 Å². The molecular formula is C22H32N2O8. The van der Waals surface area contributed by atoms with Crippen LogP contribution in [0.1, 0.15) is 45.9 Å². The summed E-state index contributed by atoms with van der Waals surface area (Å²) >= 11 is 0. The highest BCUT2D eigenvalue weighted by Crippen LogP contribution is 2.46. The molecule has 2 heterocycles. The fraction of sp³-hybridized carbons (Fsp3) is 0.500. The van der Waals surface area contributed by atoms with E-state index in [1.807, 2.05) is 13.8 Å². The predicted molar refractivity (Wildman–Crippen MR) is 114 cm³/mol. The van der Waals surface area contributed by atoms with E-state index in [0.29, 0.717) is 9.79 Å². The number of aliphatic hydroxyl groups excluding tert-OH is 1. The first-order chi connectivity index (χ1) is 14.9. The molecule has 1 aromatic rings. The molecule has 0 saturated heterocycles. The van der Waals surface area contributed by atoms with Gasteiger partial charge in [0.25, 0.3) is 0 Å². The first kappa shape index (κ1) is 27.1. The van der Waals surface area contributed by atoms with Crippen LogP contribution in [0.15, 0.2) is 40.9 Å². The minimum absolute atomic E-state index is 0.00121. The van der Waals surface area contributed by atoms with Crippen LogP contribution in [0.4, 0.5) is 0 Å². The van der Waals surface area contributed by atoms with Crippen molar-refractivity contribution in [2.45, 2.75) is 47.1 Å². The van der Waals surface area contributed by atoms with Crippen molar-refractivity contribution in [1.29, 1.82) is 0 Å². The summed E-state index contributed by atoms with van der Waals surface area (Å²) in [5.41, 5.74) is -3.15. The number of methoxy groups -OCH3 is 1. The van der Waals surface area contributed by atoms with E-state index in [4.69, 9.17) is 14.6 Å². The van der Waals surface area contributed by atoms with E-state index in [1.54, 1.807) is 6.92 Å². The van der Waals surface area contributed by atoms with Crippen molar-refractivity contribution >= 4 is 11.9 Å². The molecular weight excluding hydrogens is 420 g/mol. The highest BCUT2D eigenvalue weighted by molar-refractivity contribution is 6.01. The Morgan fingerprint density at radius 2 is 1.69 bits per heavy atom. The van der Waals surface area contributed by atoms with E-state index in [2.05, 4.69) is 0 Å². The van der Waals surface area contributed by atoms with Gasteiger partial charge < -0.3 is 24.9 Å². The first-order valence-electron chi connectivity index (χ1n) is 10.1. The highest BCUT2D eigenvalue weighted by atomic mass is 16.5. The van der Waals surface area contributed by atoms with Crippen LogP contribution < -0.4 is 4.73 Å². The quantitative estimate of drug-likeness (QED) is 0.343. The summed E-state index contributed by atoms with van der Waals surface area (Å²) in [5.74, 6) is -1.87. The SMILES string of the molecule is CCO.COC(=O)C1=C(C)N(O)C(C)=C(C(=O)OCC(C)C)C1(O)c1ccc[n+]([O-])c1C. The molecule has 0 aromatic carbocycles. The minimum Gasteiger partial charge on any atom is -0.619 e. The van der Waals surface area contributed by atoms with E-state index >= 15 is 0 Å². The van der Waals surface area contributed by atoms with Gasteiger partial charge in [-0.15, -0.1) is 0 Å². The number of aromatic nitrogens is 1. The second-order valence-corrected chi connectivity index (χ2v) is 7.58. The van der Waals surface area contributed by atoms with E-state index in [9.17, 15) is 25.1 Å². The van der Waals surface area contributed by atoms with E-state index in [1.165, 1.54) is 39.1 Å². The summed E-state index contributed by atoms with van der Waals surface area (Å²) in [4.78, 5) is 25.6. The molecule has 3 N–H and O–H groups in total. The summed E-state index contributed by atoms with van der Waals surface area (Å²) in [5, 5.41) is 42.7. The van der Waals surface area contributed by atoms with Crippen molar-refractivity contribution in [3.63, 3.8) is 0 Å². The molecule has 1 aliphatic rings. The molecule has 1 atom stereocenters. The maximum atomic E-state index is 13.0. The van der Waals surface area contributed by atoms with Crippen molar-refractivity contribution in [3.05, 3.63) is 57.3 Å². The van der Waals surface area contributed by atoms with E-state index < -0.39 is 17.5 Å². The number of pyridine rings is 1. The van der Waals surface area contributed by atoms with Gasteiger partial charge in [0.1, 0.15) is 0 Å². The number of carbonyl (C=O) groups is 2. The smallest absolute Gasteiger partial charge is 0.339 e. The number of esters is 2. The number of allylic oxidation sites excluding steroid dienone is 2. The highest BCUT2D eigenvalue weighted by Gasteiger charge is 2.53. The molecule has 0 fully saturated rings. The average Bonchev–Trinajstić information content (AvgIpc) is 2.73. The molecule has 0 spiro atoms. The molecule has 0 aliphatic carbocycles. The summed E-state index contributed by atoms with van der Waals surface area (Å²) in [7, 11) is 1.11. The Morgan fingerprint density at radius 1 is 1.19 bits per heavy atom. The van der Waals surface area contributed by atoms with Gasteiger partial charge in [-0.2, -0.15) is 4.73 Å². The Bertz CT molecular complexity index is 923. The van der Waals surface area contributed by atoms with Crippen LogP contribution in [0, 0.1) is 18.0 Å². The first-order valence-corrected chi connectivity index (χ1v) is 10.1. The number of hydrogen-bond donors (Lipinski definition) is 3. The zero-order chi connectivity index (χ0) is 24.8. The third-order valence-electron chi connectivity index (χ3n) is 4.82. The molecule has 10 heteroatoms. The van der Waals surface area contributed by atoms with Gasteiger partial charge in [-0.05, 0) is 32.8 Å². The lowest BCUT2D eigenvalue weighted by Gasteiger charge is -2.39. The average molecular weight is 453 g/mol. The third kappa shape index (κ3) is 5.09. The lowest BCUT2D eigenvalue weighted by molar-refractivity contribution is -0.613. The number of carbonyl (C=O) groups excluding carboxylic acids is 2. The van der Waals surface area contributed by atoms with Crippen LogP contribution in [0.5, 0.6) is 0 Å². The number of rotatable bonds is 5. The van der Waals surface area contributed by atoms with Crippen LogP contribution in [0.3, 0.4) is 0 Å². The van der Waals surface area contributed by atoms with Gasteiger partial charge in [-0.1, -0.05) is 13.8 Å². The Hall–Kier alpha value is -2.95. The maximum absolute atomic E-state index is 13.0. The number of ether oxygens (including phenoxy) is 2.